The predicted octanol–water partition coefficient (Wildman–Crippen LogP) is 6.54. The topological polar surface area (TPSA) is 76.7 Å². The minimum absolute atomic E-state index is 0.0501. The minimum Gasteiger partial charge on any atom is -0.493 e. The van der Waals surface area contributed by atoms with Crippen LogP contribution in [0, 0.1) is 5.82 Å². The molecule has 0 saturated heterocycles. The van der Waals surface area contributed by atoms with E-state index in [4.69, 9.17) is 9.47 Å². The number of ether oxygens (including phenoxy) is 2. The van der Waals surface area contributed by atoms with Crippen LogP contribution in [0.5, 0.6) is 11.5 Å². The van der Waals surface area contributed by atoms with Crippen LogP contribution in [0.25, 0.3) is 6.08 Å². The lowest BCUT2D eigenvalue weighted by Gasteiger charge is -2.13. The summed E-state index contributed by atoms with van der Waals surface area (Å²) in [5.41, 5.74) is 2.27. The van der Waals surface area contributed by atoms with Gasteiger partial charge in [0.2, 0.25) is 0 Å². The van der Waals surface area contributed by atoms with Crippen molar-refractivity contribution < 1.29 is 23.5 Å². The van der Waals surface area contributed by atoms with Crippen molar-refractivity contribution in [2.45, 2.75) is 10.6 Å². The Morgan fingerprint density at radius 1 is 0.846 bits per heavy atom. The van der Waals surface area contributed by atoms with Gasteiger partial charge >= 0.3 is 0 Å². The second-order valence-corrected chi connectivity index (χ2v) is 9.40. The van der Waals surface area contributed by atoms with Crippen molar-refractivity contribution in [3.63, 3.8) is 0 Å². The summed E-state index contributed by atoms with van der Waals surface area (Å²) >= 11 is 1.49. The number of methoxy groups -OCH3 is 2. The maximum Gasteiger partial charge on any atom is 0.272 e. The predicted molar refractivity (Wildman–Crippen MR) is 152 cm³/mol. The summed E-state index contributed by atoms with van der Waals surface area (Å²) < 4.78 is 24.6. The first-order valence-electron chi connectivity index (χ1n) is 12.0. The summed E-state index contributed by atoms with van der Waals surface area (Å²) in [6.07, 6.45) is 1.57. The summed E-state index contributed by atoms with van der Waals surface area (Å²) in [4.78, 5) is 27.1. The Labute approximate surface area is 230 Å². The van der Waals surface area contributed by atoms with Crippen LogP contribution in [0.3, 0.4) is 0 Å². The van der Waals surface area contributed by atoms with E-state index in [0.29, 0.717) is 39.6 Å². The lowest BCUT2D eigenvalue weighted by Crippen LogP contribution is -2.30. The smallest absolute Gasteiger partial charge is 0.272 e. The number of anilines is 1. The number of amides is 2. The van der Waals surface area contributed by atoms with Gasteiger partial charge in [-0.15, -0.1) is 11.8 Å². The molecule has 0 aromatic heterocycles. The number of benzene rings is 4. The van der Waals surface area contributed by atoms with Crippen LogP contribution in [0.15, 0.2) is 108 Å². The molecule has 0 spiro atoms. The number of rotatable bonds is 10. The maximum absolute atomic E-state index is 13.9. The van der Waals surface area contributed by atoms with Crippen molar-refractivity contribution in [3.05, 3.63) is 125 Å². The highest BCUT2D eigenvalue weighted by Gasteiger charge is 2.16. The van der Waals surface area contributed by atoms with Crippen molar-refractivity contribution in [2.24, 2.45) is 0 Å². The highest BCUT2D eigenvalue weighted by Crippen LogP contribution is 2.29. The molecule has 0 bridgehead atoms. The van der Waals surface area contributed by atoms with E-state index in [9.17, 15) is 14.0 Å². The zero-order chi connectivity index (χ0) is 27.6. The zero-order valence-corrected chi connectivity index (χ0v) is 22.3. The van der Waals surface area contributed by atoms with Crippen molar-refractivity contribution in [3.8, 4) is 11.5 Å². The molecule has 4 aromatic rings. The fraction of sp³-hybridized carbons (Fsp3) is 0.0968. The Kier molecular flexibility index (Phi) is 9.37. The van der Waals surface area contributed by atoms with Gasteiger partial charge in [-0.2, -0.15) is 0 Å². The zero-order valence-electron chi connectivity index (χ0n) is 21.4. The van der Waals surface area contributed by atoms with E-state index in [1.807, 2.05) is 18.2 Å². The number of halogens is 1. The molecule has 4 rings (SSSR count). The summed E-state index contributed by atoms with van der Waals surface area (Å²) in [7, 11) is 3.06. The number of hydrogen-bond donors (Lipinski definition) is 2. The summed E-state index contributed by atoms with van der Waals surface area (Å²) in [5.74, 6) is 0.367. The molecule has 4 aromatic carbocycles. The molecular formula is C31H27FN2O4S. The van der Waals surface area contributed by atoms with E-state index >= 15 is 0 Å². The molecule has 0 unspecified atom stereocenters. The average Bonchev–Trinajstić information content (AvgIpc) is 2.97. The molecule has 39 heavy (non-hydrogen) atoms. The van der Waals surface area contributed by atoms with Crippen LogP contribution < -0.4 is 20.1 Å². The van der Waals surface area contributed by atoms with Gasteiger partial charge < -0.3 is 20.1 Å². The number of carbonyl (C=O) groups excluding carboxylic acids is 2. The van der Waals surface area contributed by atoms with Crippen molar-refractivity contribution in [1.82, 2.24) is 5.32 Å². The number of hydrogen-bond acceptors (Lipinski definition) is 5. The third-order valence-electron chi connectivity index (χ3n) is 5.71. The molecule has 198 valence electrons. The molecule has 0 aliphatic carbocycles. The minimum atomic E-state index is -0.499. The normalized spacial score (nSPS) is 11.0. The van der Waals surface area contributed by atoms with Crippen LogP contribution in [0.1, 0.15) is 21.5 Å². The Hall–Kier alpha value is -4.56. The molecule has 2 amide bonds. The van der Waals surface area contributed by atoms with Gasteiger partial charge in [0.1, 0.15) is 11.5 Å². The van der Waals surface area contributed by atoms with Crippen LogP contribution >= 0.6 is 11.8 Å². The SMILES string of the molecule is COc1ccc(/C=C(\NC(=O)c2ccccc2)C(=O)Nc2ccc(SCc3ccccc3F)cc2)cc1OC. The van der Waals surface area contributed by atoms with Gasteiger partial charge in [0, 0.05) is 21.9 Å². The quantitative estimate of drug-likeness (QED) is 0.176. The highest BCUT2D eigenvalue weighted by atomic mass is 32.2. The van der Waals surface area contributed by atoms with Gasteiger partial charge in [-0.25, -0.2) is 4.39 Å². The first-order chi connectivity index (χ1) is 19.0. The third kappa shape index (κ3) is 7.49. The second kappa shape index (κ2) is 13.3. The molecule has 0 atom stereocenters. The van der Waals surface area contributed by atoms with E-state index in [1.54, 1.807) is 78.9 Å². The number of nitrogens with one attached hydrogen (secondary N) is 2. The molecule has 0 radical (unpaired) electrons. The maximum atomic E-state index is 13.9. The molecule has 8 heteroatoms. The summed E-state index contributed by atoms with van der Waals surface area (Å²) in [6, 6.07) is 27.7. The Bertz CT molecular complexity index is 1470. The first-order valence-corrected chi connectivity index (χ1v) is 13.0. The monoisotopic (exact) mass is 542 g/mol. The second-order valence-electron chi connectivity index (χ2n) is 8.35. The molecular weight excluding hydrogens is 515 g/mol. The number of thioether (sulfide) groups is 1. The molecule has 0 aliphatic rings. The lowest BCUT2D eigenvalue weighted by atomic mass is 10.1. The van der Waals surface area contributed by atoms with E-state index in [0.717, 1.165) is 4.90 Å². The fourth-order valence-corrected chi connectivity index (χ4v) is 4.55. The van der Waals surface area contributed by atoms with Gasteiger partial charge in [0.15, 0.2) is 11.5 Å². The van der Waals surface area contributed by atoms with Crippen LogP contribution in [-0.2, 0) is 10.5 Å². The number of carbonyl (C=O) groups is 2. The lowest BCUT2D eigenvalue weighted by molar-refractivity contribution is -0.113. The first kappa shape index (κ1) is 27.5. The average molecular weight is 543 g/mol. The Morgan fingerprint density at radius 3 is 2.23 bits per heavy atom. The van der Waals surface area contributed by atoms with E-state index < -0.39 is 11.8 Å². The van der Waals surface area contributed by atoms with Crippen LogP contribution in [-0.4, -0.2) is 26.0 Å². The van der Waals surface area contributed by atoms with Gasteiger partial charge in [0.25, 0.3) is 11.8 Å². The molecule has 6 nitrogen and oxygen atoms in total. The summed E-state index contributed by atoms with van der Waals surface area (Å²) in [6.45, 7) is 0. The van der Waals surface area contributed by atoms with Crippen molar-refractivity contribution >= 4 is 35.3 Å². The standard InChI is InChI=1S/C31H27FN2O4S/c1-37-28-17-12-21(19-29(28)38-2)18-27(34-30(35)22-8-4-3-5-9-22)31(36)33-24-13-15-25(16-14-24)39-20-23-10-6-7-11-26(23)32/h3-19H,20H2,1-2H3,(H,33,36)(H,34,35)/b27-18-. The van der Waals surface area contributed by atoms with Gasteiger partial charge in [-0.05, 0) is 71.8 Å². The Balaban J connectivity index is 1.52. The van der Waals surface area contributed by atoms with Gasteiger partial charge in [-0.3, -0.25) is 9.59 Å². The van der Waals surface area contributed by atoms with Gasteiger partial charge in [-0.1, -0.05) is 42.5 Å². The fourth-order valence-electron chi connectivity index (χ4n) is 3.66. The molecule has 0 aliphatic heterocycles. The summed E-state index contributed by atoms with van der Waals surface area (Å²) in [5, 5.41) is 5.55. The van der Waals surface area contributed by atoms with E-state index in [1.165, 1.54) is 32.0 Å². The van der Waals surface area contributed by atoms with Crippen molar-refractivity contribution in [1.29, 1.82) is 0 Å². The van der Waals surface area contributed by atoms with E-state index in [2.05, 4.69) is 10.6 Å². The highest BCUT2D eigenvalue weighted by molar-refractivity contribution is 7.98. The largest absolute Gasteiger partial charge is 0.493 e. The van der Waals surface area contributed by atoms with Crippen molar-refractivity contribution in [2.75, 3.05) is 19.5 Å². The molecule has 0 saturated carbocycles. The third-order valence-corrected chi connectivity index (χ3v) is 6.77. The van der Waals surface area contributed by atoms with Crippen LogP contribution in [0.2, 0.25) is 0 Å². The molecule has 0 heterocycles. The van der Waals surface area contributed by atoms with Crippen LogP contribution in [0.4, 0.5) is 10.1 Å². The Morgan fingerprint density at radius 2 is 1.54 bits per heavy atom. The van der Waals surface area contributed by atoms with E-state index in [-0.39, 0.29) is 11.5 Å². The molecule has 0 fully saturated rings. The molecule has 2 N–H and O–H groups in total. The van der Waals surface area contributed by atoms with Gasteiger partial charge in [0.05, 0.1) is 14.2 Å².